The predicted octanol–water partition coefficient (Wildman–Crippen LogP) is 5.01. The second kappa shape index (κ2) is 8.42. The van der Waals surface area contributed by atoms with Crippen LogP contribution >= 0.6 is 0 Å². The number of carbonyl (C=O) groups is 2. The van der Waals surface area contributed by atoms with Crippen molar-refractivity contribution in [2.45, 2.75) is 123 Å². The SMILES string of the molecule is CC1=CC(O)C(C(C)C2CCC3(C)C4=C(CCC23C)CC2(O)CCC(=O)OC(C)(C)C2CC4)OC1=O. The predicted molar refractivity (Wildman–Crippen MR) is 136 cm³/mol. The van der Waals surface area contributed by atoms with Crippen LogP contribution < -0.4 is 0 Å². The highest BCUT2D eigenvalue weighted by molar-refractivity contribution is 5.88. The molecule has 1 saturated carbocycles. The van der Waals surface area contributed by atoms with Crippen molar-refractivity contribution in [1.82, 2.24) is 0 Å². The molecule has 1 saturated heterocycles. The van der Waals surface area contributed by atoms with Gasteiger partial charge in [0, 0.05) is 17.9 Å². The van der Waals surface area contributed by atoms with Crippen LogP contribution in [0.25, 0.3) is 0 Å². The van der Waals surface area contributed by atoms with Gasteiger partial charge in [-0.2, -0.15) is 0 Å². The Labute approximate surface area is 215 Å². The molecule has 36 heavy (non-hydrogen) atoms. The molecule has 2 N–H and O–H groups in total. The van der Waals surface area contributed by atoms with Crippen LogP contribution in [-0.2, 0) is 19.1 Å². The molecule has 2 fully saturated rings. The van der Waals surface area contributed by atoms with Crippen molar-refractivity contribution in [2.75, 3.05) is 0 Å². The zero-order valence-electron chi connectivity index (χ0n) is 22.9. The number of hydrogen-bond donors (Lipinski definition) is 2. The molecule has 0 spiro atoms. The molecular formula is C30H44O6. The second-order valence-electron chi connectivity index (χ2n) is 13.5. The van der Waals surface area contributed by atoms with E-state index in [0.717, 1.165) is 38.5 Å². The van der Waals surface area contributed by atoms with Gasteiger partial charge in [0.1, 0.15) is 17.8 Å². The van der Waals surface area contributed by atoms with Crippen LogP contribution in [0.1, 0.15) is 99.3 Å². The van der Waals surface area contributed by atoms with Gasteiger partial charge in [-0.15, -0.1) is 0 Å². The standard InChI is InChI=1S/C30H44O6/c1-17-15-22(31)25(35-26(17)33)18(2)20-10-13-29(6)21-7-8-23-27(3,4)36-24(32)11-14-30(23,34)16-19(21)9-12-28(20,29)5/h15,18,20,22-23,25,31,34H,7-14,16H2,1-6H3. The van der Waals surface area contributed by atoms with E-state index >= 15 is 0 Å². The molecule has 0 amide bonds. The number of esters is 2. The summed E-state index contributed by atoms with van der Waals surface area (Å²) in [6, 6.07) is 0. The van der Waals surface area contributed by atoms with Gasteiger partial charge in [-0.05, 0) is 101 Å². The molecule has 3 aliphatic carbocycles. The van der Waals surface area contributed by atoms with E-state index in [0.29, 0.717) is 24.3 Å². The van der Waals surface area contributed by atoms with Crippen molar-refractivity contribution in [3.05, 3.63) is 22.8 Å². The fourth-order valence-electron chi connectivity index (χ4n) is 9.25. The summed E-state index contributed by atoms with van der Waals surface area (Å²) < 4.78 is 11.6. The van der Waals surface area contributed by atoms with Gasteiger partial charge in [-0.3, -0.25) is 4.79 Å². The molecule has 8 unspecified atom stereocenters. The summed E-state index contributed by atoms with van der Waals surface area (Å²) in [5.41, 5.74) is 1.77. The van der Waals surface area contributed by atoms with E-state index in [1.165, 1.54) is 11.1 Å². The lowest BCUT2D eigenvalue weighted by Gasteiger charge is -2.53. The molecule has 5 aliphatic rings. The maximum absolute atomic E-state index is 12.3. The Morgan fingerprint density at radius 3 is 2.47 bits per heavy atom. The normalized spacial score (nSPS) is 45.3. The van der Waals surface area contributed by atoms with Crippen molar-refractivity contribution in [2.24, 2.45) is 28.6 Å². The summed E-state index contributed by atoms with van der Waals surface area (Å²) in [7, 11) is 0. The summed E-state index contributed by atoms with van der Waals surface area (Å²) in [4.78, 5) is 24.6. The van der Waals surface area contributed by atoms with E-state index in [2.05, 4.69) is 20.8 Å². The molecule has 6 nitrogen and oxygen atoms in total. The number of hydrogen-bond acceptors (Lipinski definition) is 6. The molecule has 0 radical (unpaired) electrons. The third kappa shape index (κ3) is 3.73. The van der Waals surface area contributed by atoms with Gasteiger partial charge in [-0.25, -0.2) is 4.79 Å². The smallest absolute Gasteiger partial charge is 0.333 e. The maximum Gasteiger partial charge on any atom is 0.333 e. The number of fused-ring (bicyclic) bond motifs is 3. The van der Waals surface area contributed by atoms with Gasteiger partial charge in [-0.1, -0.05) is 31.9 Å². The second-order valence-corrected chi connectivity index (χ2v) is 13.5. The topological polar surface area (TPSA) is 93.1 Å². The number of allylic oxidation sites excluding steroid dienone is 1. The molecular weight excluding hydrogens is 456 g/mol. The molecule has 5 rings (SSSR count). The van der Waals surface area contributed by atoms with Crippen LogP contribution in [0.5, 0.6) is 0 Å². The van der Waals surface area contributed by atoms with Crippen LogP contribution in [0.4, 0.5) is 0 Å². The average molecular weight is 501 g/mol. The van der Waals surface area contributed by atoms with E-state index in [-0.39, 0.29) is 41.0 Å². The van der Waals surface area contributed by atoms with Crippen molar-refractivity contribution in [3.63, 3.8) is 0 Å². The number of aliphatic hydroxyl groups is 2. The molecule has 2 aliphatic heterocycles. The number of carbonyl (C=O) groups excluding carboxylic acids is 2. The largest absolute Gasteiger partial charge is 0.459 e. The third-order valence-electron chi connectivity index (χ3n) is 11.4. The van der Waals surface area contributed by atoms with E-state index in [4.69, 9.17) is 9.47 Å². The fraction of sp³-hybridized carbons (Fsp3) is 0.800. The first-order valence-corrected chi connectivity index (χ1v) is 13.9. The van der Waals surface area contributed by atoms with Gasteiger partial charge in [0.05, 0.1) is 5.60 Å². The lowest BCUT2D eigenvalue weighted by atomic mass is 9.52. The summed E-state index contributed by atoms with van der Waals surface area (Å²) in [6.07, 6.45) is 7.50. The highest BCUT2D eigenvalue weighted by Crippen LogP contribution is 2.69. The van der Waals surface area contributed by atoms with Gasteiger partial charge >= 0.3 is 11.9 Å². The van der Waals surface area contributed by atoms with E-state index in [1.807, 2.05) is 13.8 Å². The summed E-state index contributed by atoms with van der Waals surface area (Å²) in [5.74, 6) is -0.260. The first kappa shape index (κ1) is 26.0. The number of aliphatic hydroxyl groups excluding tert-OH is 1. The Hall–Kier alpha value is -1.66. The van der Waals surface area contributed by atoms with E-state index in [1.54, 1.807) is 13.0 Å². The minimum absolute atomic E-state index is 0.00434. The molecule has 0 aromatic carbocycles. The third-order valence-corrected chi connectivity index (χ3v) is 11.4. The van der Waals surface area contributed by atoms with Gasteiger partial charge in [0.15, 0.2) is 0 Å². The highest BCUT2D eigenvalue weighted by Gasteiger charge is 2.62. The minimum Gasteiger partial charge on any atom is -0.459 e. The minimum atomic E-state index is -0.924. The average Bonchev–Trinajstić information content (AvgIpc) is 2.90. The molecule has 0 bridgehead atoms. The lowest BCUT2D eigenvalue weighted by molar-refractivity contribution is -0.165. The fourth-order valence-corrected chi connectivity index (χ4v) is 9.25. The van der Waals surface area contributed by atoms with Gasteiger partial charge < -0.3 is 19.7 Å². The summed E-state index contributed by atoms with van der Waals surface area (Å²) in [6.45, 7) is 12.6. The van der Waals surface area contributed by atoms with Crippen LogP contribution in [0.2, 0.25) is 0 Å². The van der Waals surface area contributed by atoms with Crippen molar-refractivity contribution in [3.8, 4) is 0 Å². The molecule has 0 aromatic rings. The van der Waals surface area contributed by atoms with Crippen LogP contribution in [0.3, 0.4) is 0 Å². The number of cyclic esters (lactones) is 2. The molecule has 2 heterocycles. The van der Waals surface area contributed by atoms with Gasteiger partial charge in [0.25, 0.3) is 0 Å². The summed E-state index contributed by atoms with van der Waals surface area (Å²) in [5, 5.41) is 22.7. The Balaban J connectivity index is 1.46. The van der Waals surface area contributed by atoms with Crippen LogP contribution in [0, 0.1) is 28.6 Å². The van der Waals surface area contributed by atoms with E-state index in [9.17, 15) is 19.8 Å². The number of rotatable bonds is 2. The Morgan fingerprint density at radius 2 is 1.75 bits per heavy atom. The Bertz CT molecular complexity index is 1020. The van der Waals surface area contributed by atoms with Crippen LogP contribution in [-0.4, -0.2) is 45.6 Å². The molecule has 6 heteroatoms. The monoisotopic (exact) mass is 500 g/mol. The van der Waals surface area contributed by atoms with Crippen LogP contribution in [0.15, 0.2) is 22.8 Å². The van der Waals surface area contributed by atoms with E-state index < -0.39 is 23.4 Å². The molecule has 200 valence electrons. The molecule has 0 aromatic heterocycles. The highest BCUT2D eigenvalue weighted by atomic mass is 16.6. The maximum atomic E-state index is 12.3. The first-order chi connectivity index (χ1) is 16.7. The van der Waals surface area contributed by atoms with Crippen molar-refractivity contribution in [1.29, 1.82) is 0 Å². The Kier molecular flexibility index (Phi) is 6.08. The van der Waals surface area contributed by atoms with Crippen molar-refractivity contribution < 1.29 is 29.3 Å². The quantitative estimate of drug-likeness (QED) is 0.409. The van der Waals surface area contributed by atoms with Gasteiger partial charge in [0.2, 0.25) is 0 Å². The lowest BCUT2D eigenvalue weighted by Crippen LogP contribution is -2.49. The van der Waals surface area contributed by atoms with Crippen molar-refractivity contribution >= 4 is 11.9 Å². The summed E-state index contributed by atoms with van der Waals surface area (Å²) >= 11 is 0. The zero-order valence-corrected chi connectivity index (χ0v) is 22.9. The Morgan fingerprint density at radius 1 is 1.03 bits per heavy atom. The first-order valence-electron chi connectivity index (χ1n) is 13.9. The zero-order chi connectivity index (χ0) is 26.3. The number of ether oxygens (including phenoxy) is 2. The molecule has 8 atom stereocenters.